The lowest BCUT2D eigenvalue weighted by Crippen LogP contribution is -1.96. The van der Waals surface area contributed by atoms with E-state index in [1.54, 1.807) is 12.1 Å². The molecule has 2 aliphatic rings. The monoisotopic (exact) mass is 630 g/mol. The van der Waals surface area contributed by atoms with E-state index in [1.807, 2.05) is 78.9 Å². The summed E-state index contributed by atoms with van der Waals surface area (Å²) in [4.78, 5) is 48.5. The predicted octanol–water partition coefficient (Wildman–Crippen LogP) is 7.41. The number of aromatic amines is 2. The van der Waals surface area contributed by atoms with Crippen LogP contribution < -0.4 is 0 Å². The van der Waals surface area contributed by atoms with E-state index >= 15 is 0 Å². The lowest BCUT2D eigenvalue weighted by atomic mass is 10.1. The van der Waals surface area contributed by atoms with Gasteiger partial charge in [0.2, 0.25) is 0 Å². The van der Waals surface area contributed by atoms with E-state index in [-0.39, 0.29) is 30.4 Å². The number of benzene rings is 4. The van der Waals surface area contributed by atoms with Gasteiger partial charge in [-0.05, 0) is 6.07 Å². The summed E-state index contributed by atoms with van der Waals surface area (Å²) in [7, 11) is 0. The summed E-state index contributed by atoms with van der Waals surface area (Å²) >= 11 is 0. The second-order valence-electron chi connectivity index (χ2n) is 10.3. The number of hydrogen-bond donors (Lipinski definition) is 3. The van der Waals surface area contributed by atoms with Gasteiger partial charge in [-0.3, -0.25) is 0 Å². The average molecular weight is 631 g/mol. The molecular weight excluding hydrogens is 611 g/mol. The number of hydrogen-bond acceptors (Lipinski definition) is 7. The van der Waals surface area contributed by atoms with Crippen LogP contribution in [0.2, 0.25) is 0 Å². The first-order valence-corrected chi connectivity index (χ1v) is 13.6. The largest absolute Gasteiger partial charge is 0.478 e. The van der Waals surface area contributed by atoms with Gasteiger partial charge in [-0.1, -0.05) is 84.9 Å². The highest BCUT2D eigenvalue weighted by molar-refractivity contribution is 6.15. The van der Waals surface area contributed by atoms with Crippen molar-refractivity contribution in [1.82, 2.24) is 39.9 Å². The Labute approximate surface area is 266 Å². The lowest BCUT2D eigenvalue weighted by Gasteiger charge is -1.98. The molecule has 45 heavy (non-hydrogen) atoms. The number of nitrogens with zero attached hydrogens (tertiary/aromatic N) is 6. The predicted molar refractivity (Wildman–Crippen MR) is 178 cm³/mol. The van der Waals surface area contributed by atoms with E-state index in [9.17, 15) is 9.90 Å². The molecule has 0 aliphatic carbocycles. The molecule has 9 rings (SSSR count). The van der Waals surface area contributed by atoms with E-state index in [0.717, 1.165) is 33.0 Å². The molecule has 0 saturated heterocycles. The van der Waals surface area contributed by atoms with Crippen LogP contribution in [-0.4, -0.2) is 50.9 Å². The van der Waals surface area contributed by atoms with Crippen molar-refractivity contribution in [3.8, 4) is 45.6 Å². The molecule has 3 N–H and O–H groups in total. The zero-order chi connectivity index (χ0) is 28.7. The van der Waals surface area contributed by atoms with Crippen LogP contribution in [0.4, 0.5) is 0 Å². The van der Waals surface area contributed by atoms with E-state index in [2.05, 4.69) is 9.97 Å². The summed E-state index contributed by atoms with van der Waals surface area (Å²) in [6.45, 7) is 0. The Balaban J connectivity index is 0.00000163. The van der Waals surface area contributed by atoms with Gasteiger partial charge in [-0.2, -0.15) is 0 Å². The summed E-state index contributed by atoms with van der Waals surface area (Å²) < 4.78 is 0. The third-order valence-corrected chi connectivity index (χ3v) is 7.81. The summed E-state index contributed by atoms with van der Waals surface area (Å²) in [5.41, 5.74) is 5.36. The van der Waals surface area contributed by atoms with E-state index in [0.29, 0.717) is 56.7 Å². The second-order valence-corrected chi connectivity index (χ2v) is 10.3. The number of H-pyrrole nitrogens is 2. The van der Waals surface area contributed by atoms with Crippen LogP contribution in [0, 0.1) is 0 Å². The minimum Gasteiger partial charge on any atom is -0.478 e. The van der Waals surface area contributed by atoms with Crippen molar-refractivity contribution in [3.63, 3.8) is 0 Å². The van der Waals surface area contributed by atoms with Gasteiger partial charge in [0.05, 0.1) is 5.56 Å². The van der Waals surface area contributed by atoms with Crippen LogP contribution in [0.15, 0.2) is 91.0 Å². The Bertz CT molecular complexity index is 2520. The Morgan fingerprint density at radius 1 is 0.467 bits per heavy atom. The summed E-state index contributed by atoms with van der Waals surface area (Å²) in [6, 6.07) is 28.5. The van der Waals surface area contributed by atoms with Gasteiger partial charge in [0.25, 0.3) is 0 Å². The topological polar surface area (TPSA) is 146 Å². The Morgan fingerprint density at radius 2 is 0.844 bits per heavy atom. The molecule has 0 atom stereocenters. The van der Waals surface area contributed by atoms with Gasteiger partial charge in [0, 0.05) is 43.8 Å². The number of aromatic nitrogens is 8. The maximum absolute atomic E-state index is 12.3. The highest BCUT2D eigenvalue weighted by Gasteiger charge is 2.22. The molecule has 5 heterocycles. The molecule has 12 heteroatoms. The molecule has 0 radical (unpaired) electrons. The molecule has 3 aromatic heterocycles. The zero-order valence-electron chi connectivity index (χ0n) is 23.0. The molecule has 0 fully saturated rings. The first-order valence-electron chi connectivity index (χ1n) is 13.6. The molecule has 0 unspecified atom stereocenters. The summed E-state index contributed by atoms with van der Waals surface area (Å²) in [5.74, 6) is 0.791. The quantitative estimate of drug-likeness (QED) is 0.170. The standard InChI is InChI=1S/C33H18N8O2.2ClH/c42-33(43)23-15-7-14-22-24(23)32-40-30-21-13-6-5-12-20(21)28(38-30)36-26-17-9-2-1-8-16(17)25(34-26)35-27-18-10-3-4-11-19(18)29(37-27)39-31(22)41-32;;/h1-15H,(H,42,43)(H2,34,35,36,37,38,39,40,41);2*1H. The Kier molecular flexibility index (Phi) is 6.54. The lowest BCUT2D eigenvalue weighted by molar-refractivity contribution is 0.0699. The number of aromatic carboxylic acids is 1. The third kappa shape index (κ3) is 4.22. The van der Waals surface area contributed by atoms with Crippen molar-refractivity contribution in [2.75, 3.05) is 0 Å². The van der Waals surface area contributed by atoms with Crippen LogP contribution in [0.3, 0.4) is 0 Å². The van der Waals surface area contributed by atoms with E-state index in [4.69, 9.17) is 29.9 Å². The molecule has 8 bridgehead atoms. The number of halogens is 2. The van der Waals surface area contributed by atoms with Gasteiger partial charge in [-0.25, -0.2) is 34.7 Å². The van der Waals surface area contributed by atoms with Gasteiger partial charge in [0.15, 0.2) is 23.3 Å². The van der Waals surface area contributed by atoms with Gasteiger partial charge >= 0.3 is 5.97 Å². The molecular formula is C33H20Cl2N8O2. The van der Waals surface area contributed by atoms with E-state index < -0.39 is 5.97 Å². The van der Waals surface area contributed by atoms with Crippen LogP contribution in [0.25, 0.3) is 89.7 Å². The first kappa shape index (κ1) is 28.1. The Morgan fingerprint density at radius 3 is 1.31 bits per heavy atom. The van der Waals surface area contributed by atoms with Crippen LogP contribution in [-0.2, 0) is 0 Å². The fourth-order valence-electron chi connectivity index (χ4n) is 5.87. The minimum absolute atomic E-state index is 0. The third-order valence-electron chi connectivity index (χ3n) is 7.81. The number of carbonyl (C=O) groups is 1. The van der Waals surface area contributed by atoms with Crippen LogP contribution in [0.1, 0.15) is 10.4 Å². The number of nitrogens with one attached hydrogen (secondary N) is 2. The number of carboxylic acids is 1. The second kappa shape index (κ2) is 10.5. The van der Waals surface area contributed by atoms with Crippen LogP contribution in [0.5, 0.6) is 0 Å². The van der Waals surface area contributed by atoms with Gasteiger partial charge in [0.1, 0.15) is 22.6 Å². The fourth-order valence-corrected chi connectivity index (χ4v) is 5.87. The number of carboxylic acid groups (broad SMARTS) is 1. The molecule has 218 valence electrons. The first-order chi connectivity index (χ1) is 21.1. The molecule has 2 aliphatic heterocycles. The highest BCUT2D eigenvalue weighted by Crippen LogP contribution is 2.37. The summed E-state index contributed by atoms with van der Waals surface area (Å²) in [6.07, 6.45) is 0. The molecule has 4 aromatic carbocycles. The van der Waals surface area contributed by atoms with Crippen molar-refractivity contribution in [2.45, 2.75) is 0 Å². The van der Waals surface area contributed by atoms with Crippen molar-refractivity contribution < 1.29 is 9.90 Å². The minimum atomic E-state index is -1.07. The maximum atomic E-state index is 12.3. The van der Waals surface area contributed by atoms with Crippen LogP contribution >= 0.6 is 24.8 Å². The fraction of sp³-hybridized carbons (Fsp3) is 0. The maximum Gasteiger partial charge on any atom is 0.336 e. The molecule has 10 nitrogen and oxygen atoms in total. The molecule has 0 saturated carbocycles. The van der Waals surface area contributed by atoms with Crippen molar-refractivity contribution in [2.24, 2.45) is 0 Å². The zero-order valence-corrected chi connectivity index (χ0v) is 24.6. The highest BCUT2D eigenvalue weighted by atomic mass is 35.5. The van der Waals surface area contributed by atoms with E-state index in [1.165, 1.54) is 0 Å². The average Bonchev–Trinajstić information content (AvgIpc) is 3.76. The van der Waals surface area contributed by atoms with Crippen molar-refractivity contribution in [1.29, 1.82) is 0 Å². The van der Waals surface area contributed by atoms with Gasteiger partial charge < -0.3 is 15.1 Å². The molecule has 7 aromatic rings. The smallest absolute Gasteiger partial charge is 0.336 e. The molecule has 0 amide bonds. The van der Waals surface area contributed by atoms with Crippen molar-refractivity contribution in [3.05, 3.63) is 96.6 Å². The SMILES string of the molecule is Cl.Cl.O=C(O)c1cccc2c3nc4nc(nc5[nH]c(nc6nc(nc([nH]3)c12)-c1ccccc1-6)c1ccccc51)-c1ccccc1-4. The van der Waals surface area contributed by atoms with Gasteiger partial charge in [-0.15, -0.1) is 24.8 Å². The number of fused-ring (bicyclic) bond motifs is 20. The normalized spacial score (nSPS) is 11.4. The summed E-state index contributed by atoms with van der Waals surface area (Å²) in [5, 5.41) is 12.9. The number of rotatable bonds is 1. The molecule has 0 spiro atoms. The Hall–Kier alpha value is -5.71. The van der Waals surface area contributed by atoms with Crippen molar-refractivity contribution >= 4 is 74.9 Å².